The predicted molar refractivity (Wildman–Crippen MR) is 77.2 cm³/mol. The minimum atomic E-state index is -0.337. The maximum atomic E-state index is 12.4. The van der Waals surface area contributed by atoms with E-state index >= 15 is 0 Å². The van der Waals surface area contributed by atoms with Crippen molar-refractivity contribution in [1.82, 2.24) is 15.5 Å². The van der Waals surface area contributed by atoms with E-state index in [0.717, 1.165) is 32.5 Å². The standard InChI is InChI=1S/C14H29N3O2/c1-12(2)17(3)10-9-16-13(18)14(11-19-4)5-7-15-8-6-14/h12,15H,5-11H2,1-4H3,(H,16,18). The van der Waals surface area contributed by atoms with E-state index in [1.807, 2.05) is 0 Å². The Balaban J connectivity index is 2.44. The van der Waals surface area contributed by atoms with Crippen molar-refractivity contribution < 1.29 is 9.53 Å². The topological polar surface area (TPSA) is 53.6 Å². The highest BCUT2D eigenvalue weighted by Crippen LogP contribution is 2.29. The molecule has 1 rings (SSSR count). The maximum absolute atomic E-state index is 12.4. The van der Waals surface area contributed by atoms with E-state index in [1.165, 1.54) is 0 Å². The molecule has 1 heterocycles. The number of hydrogen-bond donors (Lipinski definition) is 2. The van der Waals surface area contributed by atoms with E-state index in [1.54, 1.807) is 7.11 Å². The molecule has 0 atom stereocenters. The van der Waals surface area contributed by atoms with Crippen LogP contribution in [-0.2, 0) is 9.53 Å². The fraction of sp³-hybridized carbons (Fsp3) is 0.929. The van der Waals surface area contributed by atoms with Crippen LogP contribution in [0.25, 0.3) is 0 Å². The van der Waals surface area contributed by atoms with Gasteiger partial charge >= 0.3 is 0 Å². The molecule has 2 N–H and O–H groups in total. The first-order chi connectivity index (χ1) is 9.02. The first kappa shape index (κ1) is 16.4. The summed E-state index contributed by atoms with van der Waals surface area (Å²) in [5, 5.41) is 6.37. The number of piperidine rings is 1. The van der Waals surface area contributed by atoms with Gasteiger partial charge in [0.2, 0.25) is 5.91 Å². The second-order valence-electron chi connectivity index (χ2n) is 5.79. The Morgan fingerprint density at radius 2 is 2.05 bits per heavy atom. The molecular weight excluding hydrogens is 242 g/mol. The van der Waals surface area contributed by atoms with Gasteiger partial charge in [0, 0.05) is 26.2 Å². The van der Waals surface area contributed by atoms with Gasteiger partial charge in [0.1, 0.15) is 0 Å². The molecule has 1 amide bonds. The molecule has 0 aromatic rings. The first-order valence-corrected chi connectivity index (χ1v) is 7.20. The number of carbonyl (C=O) groups excluding carboxylic acids is 1. The lowest BCUT2D eigenvalue weighted by Gasteiger charge is -2.35. The smallest absolute Gasteiger partial charge is 0.228 e. The number of methoxy groups -OCH3 is 1. The van der Waals surface area contributed by atoms with Crippen LogP contribution in [0.3, 0.4) is 0 Å². The molecule has 0 radical (unpaired) electrons. The van der Waals surface area contributed by atoms with Crippen LogP contribution in [0.2, 0.25) is 0 Å². The zero-order chi connectivity index (χ0) is 14.3. The summed E-state index contributed by atoms with van der Waals surface area (Å²) in [5.74, 6) is 0.146. The molecule has 1 aliphatic heterocycles. The lowest BCUT2D eigenvalue weighted by molar-refractivity contribution is -0.136. The summed E-state index contributed by atoms with van der Waals surface area (Å²) in [6, 6.07) is 0.503. The van der Waals surface area contributed by atoms with Gasteiger partial charge in [-0.05, 0) is 46.8 Å². The summed E-state index contributed by atoms with van der Waals surface area (Å²) in [5.41, 5.74) is -0.337. The third-order valence-electron chi connectivity index (χ3n) is 4.09. The van der Waals surface area contributed by atoms with Gasteiger partial charge in [0.25, 0.3) is 0 Å². The molecule has 1 aliphatic rings. The molecule has 0 aliphatic carbocycles. The summed E-state index contributed by atoms with van der Waals surface area (Å²) < 4.78 is 5.27. The molecule has 19 heavy (non-hydrogen) atoms. The number of hydrogen-bond acceptors (Lipinski definition) is 4. The van der Waals surface area contributed by atoms with Gasteiger partial charge in [-0.2, -0.15) is 0 Å². The van der Waals surface area contributed by atoms with Crippen molar-refractivity contribution >= 4 is 5.91 Å². The van der Waals surface area contributed by atoms with Gasteiger partial charge in [-0.3, -0.25) is 4.79 Å². The maximum Gasteiger partial charge on any atom is 0.228 e. The minimum absolute atomic E-state index is 0.146. The molecule has 5 heteroatoms. The van der Waals surface area contributed by atoms with Crippen LogP contribution in [0.5, 0.6) is 0 Å². The van der Waals surface area contributed by atoms with Crippen molar-refractivity contribution in [3.05, 3.63) is 0 Å². The van der Waals surface area contributed by atoms with Crippen LogP contribution < -0.4 is 10.6 Å². The van der Waals surface area contributed by atoms with Crippen LogP contribution in [0.1, 0.15) is 26.7 Å². The Kier molecular flexibility index (Phi) is 6.75. The summed E-state index contributed by atoms with van der Waals surface area (Å²) in [6.07, 6.45) is 1.71. The molecule has 0 aromatic heterocycles. The zero-order valence-electron chi connectivity index (χ0n) is 12.8. The van der Waals surface area contributed by atoms with Crippen molar-refractivity contribution in [3.8, 4) is 0 Å². The number of nitrogens with zero attached hydrogens (tertiary/aromatic N) is 1. The summed E-state index contributed by atoms with van der Waals surface area (Å²) in [4.78, 5) is 14.7. The van der Waals surface area contributed by atoms with Crippen LogP contribution in [0, 0.1) is 5.41 Å². The van der Waals surface area contributed by atoms with Gasteiger partial charge in [0.15, 0.2) is 0 Å². The lowest BCUT2D eigenvalue weighted by Crippen LogP contribution is -2.51. The Morgan fingerprint density at radius 3 is 2.58 bits per heavy atom. The lowest BCUT2D eigenvalue weighted by atomic mass is 9.78. The second kappa shape index (κ2) is 7.82. The van der Waals surface area contributed by atoms with E-state index in [4.69, 9.17) is 4.74 Å². The second-order valence-corrected chi connectivity index (χ2v) is 5.79. The van der Waals surface area contributed by atoms with Crippen LogP contribution in [-0.4, -0.2) is 63.8 Å². The molecule has 0 spiro atoms. The Morgan fingerprint density at radius 1 is 1.42 bits per heavy atom. The summed E-state index contributed by atoms with van der Waals surface area (Å²) in [7, 11) is 3.75. The molecular formula is C14H29N3O2. The van der Waals surface area contributed by atoms with Crippen molar-refractivity contribution in [3.63, 3.8) is 0 Å². The molecule has 5 nitrogen and oxygen atoms in total. The SMILES string of the molecule is COCC1(C(=O)NCCN(C)C(C)C)CCNCC1. The van der Waals surface area contributed by atoms with Crippen molar-refractivity contribution in [1.29, 1.82) is 0 Å². The zero-order valence-corrected chi connectivity index (χ0v) is 12.8. The third kappa shape index (κ3) is 4.75. The number of amides is 1. The van der Waals surface area contributed by atoms with Crippen molar-refractivity contribution in [2.75, 3.05) is 46.9 Å². The number of carbonyl (C=O) groups is 1. The number of ether oxygens (including phenoxy) is 1. The van der Waals surface area contributed by atoms with Crippen LogP contribution >= 0.6 is 0 Å². The Hall–Kier alpha value is -0.650. The molecule has 0 unspecified atom stereocenters. The van der Waals surface area contributed by atoms with Crippen LogP contribution in [0.4, 0.5) is 0 Å². The molecule has 0 aromatic carbocycles. The van der Waals surface area contributed by atoms with E-state index in [0.29, 0.717) is 19.2 Å². The molecule has 0 saturated carbocycles. The van der Waals surface area contributed by atoms with Crippen molar-refractivity contribution in [2.24, 2.45) is 5.41 Å². The highest BCUT2D eigenvalue weighted by atomic mass is 16.5. The summed E-state index contributed by atoms with van der Waals surface area (Å²) in [6.45, 7) is 8.19. The predicted octanol–water partition coefficient (Wildman–Crippen LogP) is 0.459. The minimum Gasteiger partial charge on any atom is -0.384 e. The molecule has 0 bridgehead atoms. The van der Waals surface area contributed by atoms with Gasteiger partial charge in [-0.15, -0.1) is 0 Å². The average molecular weight is 271 g/mol. The third-order valence-corrected chi connectivity index (χ3v) is 4.09. The monoisotopic (exact) mass is 271 g/mol. The van der Waals surface area contributed by atoms with E-state index in [9.17, 15) is 4.79 Å². The average Bonchev–Trinajstić information content (AvgIpc) is 2.39. The van der Waals surface area contributed by atoms with Crippen LogP contribution in [0.15, 0.2) is 0 Å². The van der Waals surface area contributed by atoms with Crippen molar-refractivity contribution in [2.45, 2.75) is 32.7 Å². The quantitative estimate of drug-likeness (QED) is 0.706. The normalized spacial score (nSPS) is 18.8. The Labute approximate surface area is 117 Å². The van der Waals surface area contributed by atoms with E-state index in [2.05, 4.69) is 36.4 Å². The first-order valence-electron chi connectivity index (χ1n) is 7.20. The van der Waals surface area contributed by atoms with Gasteiger partial charge in [-0.1, -0.05) is 0 Å². The van der Waals surface area contributed by atoms with Gasteiger partial charge in [-0.25, -0.2) is 0 Å². The molecule has 1 fully saturated rings. The number of nitrogens with one attached hydrogen (secondary N) is 2. The largest absolute Gasteiger partial charge is 0.384 e. The van der Waals surface area contributed by atoms with E-state index < -0.39 is 0 Å². The van der Waals surface area contributed by atoms with Gasteiger partial charge < -0.3 is 20.3 Å². The summed E-state index contributed by atoms with van der Waals surface area (Å²) >= 11 is 0. The van der Waals surface area contributed by atoms with E-state index in [-0.39, 0.29) is 11.3 Å². The molecule has 112 valence electrons. The number of rotatable bonds is 7. The highest BCUT2D eigenvalue weighted by Gasteiger charge is 2.39. The highest BCUT2D eigenvalue weighted by molar-refractivity contribution is 5.83. The fourth-order valence-corrected chi connectivity index (χ4v) is 2.41. The number of likely N-dealkylation sites (N-methyl/N-ethyl adjacent to an activating group) is 1. The van der Waals surface area contributed by atoms with Gasteiger partial charge in [0.05, 0.1) is 12.0 Å². The fourth-order valence-electron chi connectivity index (χ4n) is 2.41. The Bertz CT molecular complexity index is 270. The molecule has 1 saturated heterocycles.